The molecule has 0 saturated carbocycles. The van der Waals surface area contributed by atoms with Crippen LogP contribution in [-0.4, -0.2) is 26.3 Å². The van der Waals surface area contributed by atoms with Crippen molar-refractivity contribution in [3.8, 4) is 0 Å². The van der Waals surface area contributed by atoms with Crippen molar-refractivity contribution in [1.29, 1.82) is 0 Å². The first kappa shape index (κ1) is 15.4. The monoisotopic (exact) mass is 318 g/mol. The summed E-state index contributed by atoms with van der Waals surface area (Å²) in [6, 6.07) is 3.38. The fourth-order valence-corrected chi connectivity index (χ4v) is 2.08. The van der Waals surface area contributed by atoms with Gasteiger partial charge in [-0.2, -0.15) is 4.98 Å². The molecule has 1 atom stereocenters. The zero-order valence-corrected chi connectivity index (χ0v) is 13.2. The number of nitrogens with zero attached hydrogens (tertiary/aromatic N) is 4. The van der Waals surface area contributed by atoms with Gasteiger partial charge in [-0.3, -0.25) is 0 Å². The van der Waals surface area contributed by atoms with E-state index < -0.39 is 5.76 Å². The van der Waals surface area contributed by atoms with Crippen molar-refractivity contribution in [3.05, 3.63) is 40.6 Å². The van der Waals surface area contributed by atoms with Crippen LogP contribution in [0.5, 0.6) is 0 Å². The Labute approximate surface area is 132 Å². The Bertz CT molecular complexity index is 848. The first-order valence-electron chi connectivity index (χ1n) is 7.43. The van der Waals surface area contributed by atoms with Crippen LogP contribution in [0.3, 0.4) is 0 Å². The summed E-state index contributed by atoms with van der Waals surface area (Å²) in [6.45, 7) is 6.71. The molecule has 122 valence electrons. The molecular weight excluding hydrogens is 300 g/mol. The Morgan fingerprint density at radius 3 is 2.96 bits per heavy atom. The van der Waals surface area contributed by atoms with E-state index >= 15 is 0 Å². The molecule has 0 bridgehead atoms. The summed E-state index contributed by atoms with van der Waals surface area (Å²) in [6.07, 6.45) is 1.32. The molecule has 0 radical (unpaired) electrons. The molecule has 3 rings (SSSR count). The summed E-state index contributed by atoms with van der Waals surface area (Å²) in [4.78, 5) is 20.3. The molecule has 0 N–H and O–H groups in total. The lowest BCUT2D eigenvalue weighted by molar-refractivity contribution is 0.0402. The SMILES string of the molecule is CC(C)CO[C@@H](C)c1noc(Cn2c(=O)oc3cccnc32)n1. The van der Waals surface area contributed by atoms with Gasteiger partial charge in [0.2, 0.25) is 5.89 Å². The Kier molecular flexibility index (Phi) is 4.24. The maximum atomic E-state index is 11.9. The van der Waals surface area contributed by atoms with Gasteiger partial charge in [0.1, 0.15) is 12.6 Å². The number of pyridine rings is 1. The molecule has 0 aliphatic carbocycles. The number of hydrogen-bond acceptors (Lipinski definition) is 7. The first-order valence-corrected chi connectivity index (χ1v) is 7.43. The molecule has 0 aliphatic rings. The minimum absolute atomic E-state index is 0.104. The summed E-state index contributed by atoms with van der Waals surface area (Å²) in [5.74, 6) is 0.665. The molecule has 0 saturated heterocycles. The van der Waals surface area contributed by atoms with E-state index in [0.717, 1.165) is 0 Å². The van der Waals surface area contributed by atoms with E-state index in [1.54, 1.807) is 18.3 Å². The van der Waals surface area contributed by atoms with Crippen LogP contribution >= 0.6 is 0 Å². The van der Waals surface area contributed by atoms with Gasteiger partial charge < -0.3 is 13.7 Å². The Morgan fingerprint density at radius 2 is 2.17 bits per heavy atom. The molecule has 3 heterocycles. The average Bonchev–Trinajstić information content (AvgIpc) is 3.11. The van der Waals surface area contributed by atoms with Gasteiger partial charge in [-0.1, -0.05) is 19.0 Å². The van der Waals surface area contributed by atoms with E-state index in [1.165, 1.54) is 4.57 Å². The van der Waals surface area contributed by atoms with Crippen LogP contribution in [0.4, 0.5) is 0 Å². The van der Waals surface area contributed by atoms with Gasteiger partial charge in [0.25, 0.3) is 0 Å². The first-order chi connectivity index (χ1) is 11.0. The zero-order chi connectivity index (χ0) is 16.4. The Morgan fingerprint density at radius 1 is 1.35 bits per heavy atom. The number of hydrogen-bond donors (Lipinski definition) is 0. The maximum Gasteiger partial charge on any atom is 0.421 e. The molecule has 0 aliphatic heterocycles. The standard InChI is InChI=1S/C15H18N4O4/c1-9(2)8-21-10(3)13-17-12(23-18-13)7-19-14-11(22-15(19)20)5-4-6-16-14/h4-6,9-10H,7-8H2,1-3H3/t10-/m0/s1. The van der Waals surface area contributed by atoms with E-state index in [-0.39, 0.29) is 12.6 Å². The van der Waals surface area contributed by atoms with Gasteiger partial charge in [0.15, 0.2) is 17.1 Å². The van der Waals surface area contributed by atoms with Crippen LogP contribution in [0.15, 0.2) is 32.1 Å². The normalized spacial score (nSPS) is 13.0. The molecule has 23 heavy (non-hydrogen) atoms. The second-order valence-corrected chi connectivity index (χ2v) is 5.69. The summed E-state index contributed by atoms with van der Waals surface area (Å²) < 4.78 is 17.3. The quantitative estimate of drug-likeness (QED) is 0.687. The van der Waals surface area contributed by atoms with Crippen LogP contribution < -0.4 is 5.76 Å². The van der Waals surface area contributed by atoms with Gasteiger partial charge in [-0.25, -0.2) is 14.3 Å². The highest BCUT2D eigenvalue weighted by Crippen LogP contribution is 2.16. The fourth-order valence-electron chi connectivity index (χ4n) is 2.08. The predicted molar refractivity (Wildman–Crippen MR) is 80.9 cm³/mol. The van der Waals surface area contributed by atoms with Crippen LogP contribution in [0.2, 0.25) is 0 Å². The fraction of sp³-hybridized carbons (Fsp3) is 0.467. The van der Waals surface area contributed by atoms with Crippen LogP contribution in [-0.2, 0) is 11.3 Å². The summed E-state index contributed by atoms with van der Waals surface area (Å²) >= 11 is 0. The van der Waals surface area contributed by atoms with Crippen molar-refractivity contribution in [1.82, 2.24) is 19.7 Å². The van der Waals surface area contributed by atoms with Crippen LogP contribution in [0, 0.1) is 5.92 Å². The minimum atomic E-state index is -0.512. The second-order valence-electron chi connectivity index (χ2n) is 5.69. The average molecular weight is 318 g/mol. The van der Waals surface area contributed by atoms with E-state index in [1.807, 2.05) is 6.92 Å². The zero-order valence-electron chi connectivity index (χ0n) is 13.2. The Hall–Kier alpha value is -2.48. The molecule has 0 aromatic carbocycles. The van der Waals surface area contributed by atoms with Crippen molar-refractivity contribution in [2.24, 2.45) is 5.92 Å². The summed E-state index contributed by atoms with van der Waals surface area (Å²) in [5.41, 5.74) is 0.868. The van der Waals surface area contributed by atoms with Crippen molar-refractivity contribution >= 4 is 11.2 Å². The molecule has 0 fully saturated rings. The van der Waals surface area contributed by atoms with Gasteiger partial charge >= 0.3 is 5.76 Å². The molecule has 8 nitrogen and oxygen atoms in total. The van der Waals surface area contributed by atoms with E-state index in [0.29, 0.717) is 35.5 Å². The third kappa shape index (κ3) is 3.31. The van der Waals surface area contributed by atoms with E-state index in [2.05, 4.69) is 29.0 Å². The van der Waals surface area contributed by atoms with Crippen molar-refractivity contribution in [2.45, 2.75) is 33.4 Å². The van der Waals surface area contributed by atoms with E-state index in [9.17, 15) is 4.79 Å². The van der Waals surface area contributed by atoms with Gasteiger partial charge in [0.05, 0.1) is 0 Å². The van der Waals surface area contributed by atoms with Crippen LogP contribution in [0.1, 0.15) is 38.6 Å². The highest BCUT2D eigenvalue weighted by Gasteiger charge is 2.17. The Balaban J connectivity index is 1.78. The lowest BCUT2D eigenvalue weighted by Gasteiger charge is -2.10. The highest BCUT2D eigenvalue weighted by molar-refractivity contribution is 5.67. The highest BCUT2D eigenvalue weighted by atomic mass is 16.5. The molecule has 0 amide bonds. The lowest BCUT2D eigenvalue weighted by atomic mass is 10.2. The molecule has 3 aromatic rings. The third-order valence-corrected chi connectivity index (χ3v) is 3.24. The smallest absolute Gasteiger partial charge is 0.406 e. The summed E-state index contributed by atoms with van der Waals surface area (Å²) in [5, 5.41) is 3.91. The molecular formula is C15H18N4O4. The van der Waals surface area contributed by atoms with Crippen molar-refractivity contribution in [3.63, 3.8) is 0 Å². The van der Waals surface area contributed by atoms with Gasteiger partial charge in [-0.05, 0) is 25.0 Å². The number of ether oxygens (including phenoxy) is 1. The molecule has 8 heteroatoms. The molecule has 3 aromatic heterocycles. The minimum Gasteiger partial charge on any atom is -0.406 e. The number of aromatic nitrogens is 4. The van der Waals surface area contributed by atoms with Crippen molar-refractivity contribution < 1.29 is 13.7 Å². The van der Waals surface area contributed by atoms with Crippen LogP contribution in [0.25, 0.3) is 11.2 Å². The largest absolute Gasteiger partial charge is 0.421 e. The number of oxazole rings is 1. The number of rotatable bonds is 6. The maximum absolute atomic E-state index is 11.9. The predicted octanol–water partition coefficient (Wildman–Crippen LogP) is 2.15. The topological polar surface area (TPSA) is 96.2 Å². The lowest BCUT2D eigenvalue weighted by Crippen LogP contribution is -2.15. The van der Waals surface area contributed by atoms with Gasteiger partial charge in [-0.15, -0.1) is 0 Å². The third-order valence-electron chi connectivity index (χ3n) is 3.24. The van der Waals surface area contributed by atoms with Gasteiger partial charge in [0, 0.05) is 12.8 Å². The van der Waals surface area contributed by atoms with E-state index in [4.69, 9.17) is 13.7 Å². The second kappa shape index (κ2) is 6.33. The number of fused-ring (bicyclic) bond motifs is 1. The van der Waals surface area contributed by atoms with Crippen molar-refractivity contribution in [2.75, 3.05) is 6.61 Å². The molecule has 0 spiro atoms. The summed E-state index contributed by atoms with van der Waals surface area (Å²) in [7, 11) is 0. The molecule has 0 unspecified atom stereocenters.